The van der Waals surface area contributed by atoms with Crippen molar-refractivity contribution < 1.29 is 21.4 Å². The second kappa shape index (κ2) is 5.07. The van der Waals surface area contributed by atoms with Gasteiger partial charge in [-0.3, -0.25) is 4.55 Å². The summed E-state index contributed by atoms with van der Waals surface area (Å²) in [5.74, 6) is 0. The lowest BCUT2D eigenvalue weighted by molar-refractivity contribution is 0.490. The van der Waals surface area contributed by atoms with Crippen LogP contribution < -0.4 is 0 Å². The Balaban J connectivity index is 0. The van der Waals surface area contributed by atoms with Gasteiger partial charge in [0.05, 0.1) is 6.26 Å². The van der Waals surface area contributed by atoms with Gasteiger partial charge < -0.3 is 0 Å². The van der Waals surface area contributed by atoms with Gasteiger partial charge in [-0.2, -0.15) is 8.42 Å². The van der Waals surface area contributed by atoms with E-state index in [-0.39, 0.29) is 0 Å². The van der Waals surface area contributed by atoms with E-state index in [4.69, 9.17) is 4.55 Å². The fraction of sp³-hybridized carbons (Fsp3) is 0.200. The molecule has 0 unspecified atom stereocenters. The van der Waals surface area contributed by atoms with Crippen LogP contribution in [0.25, 0.3) is 0 Å². The average Bonchev–Trinajstić information content (AvgIpc) is 1.85. The highest BCUT2D eigenvalue weighted by atomic mass is 32.2. The van der Waals surface area contributed by atoms with Gasteiger partial charge in [-0.05, 0) is 0 Å². The molecule has 0 aliphatic carbocycles. The van der Waals surface area contributed by atoms with Crippen LogP contribution in [0.2, 0.25) is 0 Å². The topological polar surface area (TPSA) is 88.5 Å². The third kappa shape index (κ3) is 22.8. The molecule has 0 rings (SSSR count). The zero-order valence-electron chi connectivity index (χ0n) is 6.47. The molecule has 0 saturated carbocycles. The summed E-state index contributed by atoms with van der Waals surface area (Å²) in [5.41, 5.74) is 0. The van der Waals surface area contributed by atoms with Crippen LogP contribution in [0.1, 0.15) is 0 Å². The van der Waals surface area contributed by atoms with Crippen LogP contribution in [-0.4, -0.2) is 27.6 Å². The van der Waals surface area contributed by atoms with E-state index < -0.39 is 20.0 Å². The summed E-state index contributed by atoms with van der Waals surface area (Å²) in [6, 6.07) is 0. The molecule has 0 radical (unpaired) electrons. The Hall–Kier alpha value is -0.660. The molecule has 12 heavy (non-hydrogen) atoms. The smallest absolute Gasteiger partial charge is 0.261 e. The van der Waals surface area contributed by atoms with E-state index in [2.05, 4.69) is 13.2 Å². The molecule has 5 nitrogen and oxygen atoms in total. The van der Waals surface area contributed by atoms with Crippen LogP contribution in [0.3, 0.4) is 0 Å². The van der Waals surface area contributed by atoms with E-state index in [1.165, 1.54) is 0 Å². The zero-order chi connectivity index (χ0) is 10.4. The lowest BCUT2D eigenvalue weighted by Crippen LogP contribution is -1.88. The predicted molar refractivity (Wildman–Crippen MR) is 46.8 cm³/mol. The molecule has 0 aliphatic heterocycles. The molecule has 0 aromatic heterocycles. The quantitative estimate of drug-likeness (QED) is 0.663. The summed E-state index contributed by atoms with van der Waals surface area (Å²) in [4.78, 5) is 0. The van der Waals surface area contributed by atoms with E-state index in [0.717, 1.165) is 10.8 Å². The van der Waals surface area contributed by atoms with Crippen molar-refractivity contribution >= 4 is 20.0 Å². The van der Waals surface area contributed by atoms with Crippen molar-refractivity contribution in [1.29, 1.82) is 0 Å². The highest BCUT2D eigenvalue weighted by molar-refractivity contribution is 7.97. The van der Waals surface area contributed by atoms with Gasteiger partial charge >= 0.3 is 0 Å². The van der Waals surface area contributed by atoms with Gasteiger partial charge in [0.25, 0.3) is 10.1 Å². The Morgan fingerprint density at radius 3 is 1.25 bits per heavy atom. The first-order chi connectivity index (χ1) is 5.12. The maximum atomic E-state index is 10.1. The average molecular weight is 214 g/mol. The van der Waals surface area contributed by atoms with Crippen LogP contribution in [0, 0.1) is 0 Å². The molecule has 0 spiro atoms. The van der Waals surface area contributed by atoms with E-state index in [1.54, 1.807) is 0 Å². The summed E-state index contributed by atoms with van der Waals surface area (Å²) in [6.07, 6.45) is 0.715. The molecule has 0 atom stereocenters. The Bertz CT molecular complexity index is 312. The lowest BCUT2D eigenvalue weighted by Gasteiger charge is -1.78. The summed E-state index contributed by atoms with van der Waals surface area (Å²) in [6.45, 7) is 6.09. The normalized spacial score (nSPS) is 10.8. The molecule has 0 fully saturated rings. The molecule has 0 saturated heterocycles. The van der Waals surface area contributed by atoms with Gasteiger partial charge in [0.2, 0.25) is 0 Å². The fourth-order valence-electron chi connectivity index (χ4n) is 0.0680. The second-order valence-corrected chi connectivity index (χ2v) is 4.97. The van der Waals surface area contributed by atoms with Gasteiger partial charge in [-0.25, -0.2) is 8.42 Å². The SMILES string of the molecule is C=CS(=O)(=O)C=C.CS(=O)(=O)O. The number of hydrogen-bond donors (Lipinski definition) is 1. The monoisotopic (exact) mass is 214 g/mol. The number of sulfone groups is 1. The van der Waals surface area contributed by atoms with Crippen molar-refractivity contribution in [3.05, 3.63) is 24.0 Å². The minimum Gasteiger partial charge on any atom is -0.286 e. The zero-order valence-corrected chi connectivity index (χ0v) is 8.10. The molecule has 0 heterocycles. The van der Waals surface area contributed by atoms with E-state index in [0.29, 0.717) is 6.26 Å². The molecule has 0 aromatic carbocycles. The molecule has 0 bridgehead atoms. The van der Waals surface area contributed by atoms with Crippen LogP contribution in [-0.2, 0) is 20.0 Å². The van der Waals surface area contributed by atoms with Crippen molar-refractivity contribution in [2.75, 3.05) is 6.26 Å². The summed E-state index contributed by atoms with van der Waals surface area (Å²) >= 11 is 0. The van der Waals surface area contributed by atoms with Crippen LogP contribution in [0.15, 0.2) is 24.0 Å². The Morgan fingerprint density at radius 1 is 1.08 bits per heavy atom. The van der Waals surface area contributed by atoms with Crippen molar-refractivity contribution in [1.82, 2.24) is 0 Å². The molecule has 0 aliphatic rings. The van der Waals surface area contributed by atoms with Crippen molar-refractivity contribution in [3.8, 4) is 0 Å². The largest absolute Gasteiger partial charge is 0.286 e. The molecule has 0 amide bonds. The van der Waals surface area contributed by atoms with Gasteiger partial charge in [0.15, 0.2) is 9.84 Å². The fourth-order valence-corrected chi connectivity index (χ4v) is 0.204. The molecule has 72 valence electrons. The van der Waals surface area contributed by atoms with E-state index >= 15 is 0 Å². The highest BCUT2D eigenvalue weighted by Crippen LogP contribution is 1.87. The van der Waals surface area contributed by atoms with Crippen LogP contribution in [0.5, 0.6) is 0 Å². The number of hydrogen-bond acceptors (Lipinski definition) is 4. The van der Waals surface area contributed by atoms with E-state index in [1.807, 2.05) is 0 Å². The predicted octanol–water partition coefficient (Wildman–Crippen LogP) is 0.192. The summed E-state index contributed by atoms with van der Waals surface area (Å²) in [5, 5.41) is 1.69. The van der Waals surface area contributed by atoms with Crippen molar-refractivity contribution in [3.63, 3.8) is 0 Å². The molecule has 1 N–H and O–H groups in total. The first-order valence-corrected chi connectivity index (χ1v) is 6.00. The van der Waals surface area contributed by atoms with Gasteiger partial charge in [0.1, 0.15) is 0 Å². The maximum absolute atomic E-state index is 10.1. The lowest BCUT2D eigenvalue weighted by atomic mass is 11.3. The molecular formula is C5H10O5S2. The molecular weight excluding hydrogens is 204 g/mol. The maximum Gasteiger partial charge on any atom is 0.261 e. The Labute approximate surface area is 72.1 Å². The van der Waals surface area contributed by atoms with Crippen LogP contribution >= 0.6 is 0 Å². The van der Waals surface area contributed by atoms with Crippen molar-refractivity contribution in [2.45, 2.75) is 0 Å². The number of rotatable bonds is 2. The molecule has 7 heteroatoms. The highest BCUT2D eigenvalue weighted by Gasteiger charge is 1.90. The van der Waals surface area contributed by atoms with Crippen LogP contribution in [0.4, 0.5) is 0 Å². The van der Waals surface area contributed by atoms with Gasteiger partial charge in [-0.15, -0.1) is 0 Å². The Morgan fingerprint density at radius 2 is 1.25 bits per heavy atom. The van der Waals surface area contributed by atoms with Crippen molar-refractivity contribution in [2.24, 2.45) is 0 Å². The molecule has 0 aromatic rings. The van der Waals surface area contributed by atoms with E-state index in [9.17, 15) is 16.8 Å². The third-order valence-corrected chi connectivity index (χ3v) is 1.39. The first kappa shape index (κ1) is 13.9. The summed E-state index contributed by atoms with van der Waals surface area (Å²) in [7, 11) is -6.80. The minimum absolute atomic E-state index is 0.715. The standard InChI is InChI=1S/C4H6O2S.CH4O3S/c1-3-7(5,6)4-2;1-5(2,3)4/h3-4H,1-2H2;1H3,(H,2,3,4). The second-order valence-electron chi connectivity index (χ2n) is 1.66. The summed E-state index contributed by atoms with van der Waals surface area (Å²) < 4.78 is 46.1. The van der Waals surface area contributed by atoms with Gasteiger partial charge in [0, 0.05) is 10.8 Å². The minimum atomic E-state index is -3.67. The third-order valence-electron chi connectivity index (χ3n) is 0.465. The Kier molecular flexibility index (Phi) is 5.87. The van der Waals surface area contributed by atoms with Gasteiger partial charge in [-0.1, -0.05) is 13.2 Å². The first-order valence-electron chi connectivity index (χ1n) is 2.55.